The lowest BCUT2D eigenvalue weighted by atomic mass is 9.70. The van der Waals surface area contributed by atoms with E-state index in [0.717, 1.165) is 11.1 Å². The van der Waals surface area contributed by atoms with E-state index in [2.05, 4.69) is 6.07 Å². The van der Waals surface area contributed by atoms with Gasteiger partial charge in [-0.25, -0.2) is 4.39 Å². The third kappa shape index (κ3) is 4.17. The van der Waals surface area contributed by atoms with Gasteiger partial charge in [-0.2, -0.15) is 5.26 Å². The number of hydrogen-bond donors (Lipinski definition) is 1. The highest BCUT2D eigenvalue weighted by Crippen LogP contribution is 2.47. The number of ether oxygens (including phenoxy) is 2. The largest absolute Gasteiger partial charge is 0.489 e. The van der Waals surface area contributed by atoms with E-state index < -0.39 is 5.92 Å². The van der Waals surface area contributed by atoms with E-state index in [-0.39, 0.29) is 28.5 Å². The molecule has 0 unspecified atom stereocenters. The molecule has 1 aliphatic carbocycles. The first-order chi connectivity index (χ1) is 14.8. The number of Topliss-reactive ketones (excluding diaryl/α,β-unsaturated/α-hetero) is 1. The Morgan fingerprint density at radius 2 is 1.84 bits per heavy atom. The zero-order valence-corrected chi connectivity index (χ0v) is 17.4. The van der Waals surface area contributed by atoms with Crippen LogP contribution in [-0.2, 0) is 16.1 Å². The molecule has 1 atom stereocenters. The monoisotopic (exact) mass is 418 g/mol. The van der Waals surface area contributed by atoms with Gasteiger partial charge in [0.05, 0.1) is 5.92 Å². The summed E-state index contributed by atoms with van der Waals surface area (Å²) in [6, 6.07) is 15.5. The molecule has 0 saturated heterocycles. The van der Waals surface area contributed by atoms with Crippen LogP contribution in [0.15, 0.2) is 71.3 Å². The van der Waals surface area contributed by atoms with Gasteiger partial charge in [0.1, 0.15) is 35.6 Å². The van der Waals surface area contributed by atoms with E-state index in [1.54, 1.807) is 24.3 Å². The van der Waals surface area contributed by atoms with Gasteiger partial charge in [0.15, 0.2) is 5.78 Å². The summed E-state index contributed by atoms with van der Waals surface area (Å²) in [5.74, 6) is 0.366. The summed E-state index contributed by atoms with van der Waals surface area (Å²) in [6.07, 6.45) is 0.978. The predicted octanol–water partition coefficient (Wildman–Crippen LogP) is 4.86. The molecule has 1 aliphatic heterocycles. The van der Waals surface area contributed by atoms with Crippen molar-refractivity contribution in [3.8, 4) is 11.8 Å². The number of benzene rings is 2. The highest BCUT2D eigenvalue weighted by Gasteiger charge is 2.42. The second-order valence-electron chi connectivity index (χ2n) is 8.69. The number of rotatable bonds is 4. The van der Waals surface area contributed by atoms with Crippen molar-refractivity contribution in [1.29, 1.82) is 5.26 Å². The van der Waals surface area contributed by atoms with Gasteiger partial charge in [-0.05, 0) is 40.8 Å². The number of allylic oxidation sites excluding steroid dienone is 3. The molecule has 0 saturated carbocycles. The van der Waals surface area contributed by atoms with Crippen LogP contribution in [0, 0.1) is 22.6 Å². The Morgan fingerprint density at radius 3 is 2.48 bits per heavy atom. The zero-order chi connectivity index (χ0) is 22.2. The van der Waals surface area contributed by atoms with Crippen LogP contribution in [0.5, 0.6) is 5.75 Å². The van der Waals surface area contributed by atoms with Crippen LogP contribution in [0.3, 0.4) is 0 Å². The molecular weight excluding hydrogens is 395 g/mol. The SMILES string of the molecule is CC1(C)CC(=O)C2=C(C1)OC(N)=C(C#N)[C@H]2c1ccc(OCc2ccc(F)cc2)cc1. The van der Waals surface area contributed by atoms with Crippen molar-refractivity contribution in [1.82, 2.24) is 0 Å². The van der Waals surface area contributed by atoms with Crippen LogP contribution in [0.1, 0.15) is 43.7 Å². The number of halogens is 1. The first kappa shape index (κ1) is 20.7. The van der Waals surface area contributed by atoms with Crippen molar-refractivity contribution in [3.05, 3.63) is 88.3 Å². The molecule has 0 bridgehead atoms. The van der Waals surface area contributed by atoms with Crippen LogP contribution in [0.2, 0.25) is 0 Å². The molecule has 4 rings (SSSR count). The minimum absolute atomic E-state index is 0.0202. The van der Waals surface area contributed by atoms with Gasteiger partial charge >= 0.3 is 0 Å². The third-order valence-electron chi connectivity index (χ3n) is 5.61. The molecule has 2 aliphatic rings. The summed E-state index contributed by atoms with van der Waals surface area (Å²) in [5.41, 5.74) is 8.22. The van der Waals surface area contributed by atoms with E-state index >= 15 is 0 Å². The highest BCUT2D eigenvalue weighted by atomic mass is 19.1. The molecule has 0 spiro atoms. The summed E-state index contributed by atoms with van der Waals surface area (Å²) in [5, 5.41) is 9.70. The Labute approximate surface area is 180 Å². The zero-order valence-electron chi connectivity index (χ0n) is 17.4. The Hall–Kier alpha value is -3.59. The van der Waals surface area contributed by atoms with E-state index in [0.29, 0.717) is 36.5 Å². The summed E-state index contributed by atoms with van der Waals surface area (Å²) in [4.78, 5) is 13.0. The molecule has 0 radical (unpaired) electrons. The molecule has 0 fully saturated rings. The lowest BCUT2D eigenvalue weighted by molar-refractivity contribution is -0.119. The van der Waals surface area contributed by atoms with Crippen LogP contribution in [-0.4, -0.2) is 5.78 Å². The van der Waals surface area contributed by atoms with E-state index in [1.165, 1.54) is 12.1 Å². The molecule has 2 aromatic carbocycles. The first-order valence-electron chi connectivity index (χ1n) is 10.1. The van der Waals surface area contributed by atoms with Gasteiger partial charge in [0, 0.05) is 18.4 Å². The summed E-state index contributed by atoms with van der Waals surface area (Å²) in [7, 11) is 0. The quantitative estimate of drug-likeness (QED) is 0.767. The molecule has 1 heterocycles. The van der Waals surface area contributed by atoms with Gasteiger partial charge in [-0.1, -0.05) is 38.1 Å². The molecule has 6 heteroatoms. The molecule has 2 N–H and O–H groups in total. The maximum atomic E-state index is 13.0. The minimum atomic E-state index is -0.552. The molecule has 31 heavy (non-hydrogen) atoms. The van der Waals surface area contributed by atoms with Gasteiger partial charge < -0.3 is 15.2 Å². The number of nitriles is 1. The average molecular weight is 418 g/mol. The second-order valence-corrected chi connectivity index (χ2v) is 8.69. The fraction of sp³-hybridized carbons (Fsp3) is 0.280. The maximum Gasteiger partial charge on any atom is 0.205 e. The summed E-state index contributed by atoms with van der Waals surface area (Å²) in [6.45, 7) is 4.33. The normalized spacial score (nSPS) is 20.1. The number of hydrogen-bond acceptors (Lipinski definition) is 5. The van der Waals surface area contributed by atoms with Crippen LogP contribution in [0.4, 0.5) is 4.39 Å². The molecule has 158 valence electrons. The van der Waals surface area contributed by atoms with Crippen molar-refractivity contribution in [3.63, 3.8) is 0 Å². The number of ketones is 1. The van der Waals surface area contributed by atoms with Crippen molar-refractivity contribution in [2.24, 2.45) is 11.1 Å². The standard InChI is InChI=1S/C25H23FN2O3/c1-25(2)11-20(29)23-21(12-25)31-24(28)19(13-27)22(23)16-5-9-18(10-6-16)30-14-15-3-7-17(26)8-4-15/h3-10,22H,11-12,14,28H2,1-2H3/t22-/m1/s1. The van der Waals surface area contributed by atoms with Crippen LogP contribution >= 0.6 is 0 Å². The van der Waals surface area contributed by atoms with Crippen molar-refractivity contribution in [2.45, 2.75) is 39.2 Å². The molecule has 5 nitrogen and oxygen atoms in total. The highest BCUT2D eigenvalue weighted by molar-refractivity contribution is 6.00. The molecule has 0 amide bonds. The van der Waals surface area contributed by atoms with Crippen LogP contribution in [0.25, 0.3) is 0 Å². The Kier molecular flexibility index (Phi) is 5.28. The van der Waals surface area contributed by atoms with Gasteiger partial charge in [-0.15, -0.1) is 0 Å². The van der Waals surface area contributed by atoms with E-state index in [4.69, 9.17) is 15.2 Å². The number of nitrogens with two attached hydrogens (primary N) is 1. The fourth-order valence-corrected chi connectivity index (χ4v) is 4.12. The number of carbonyl (C=O) groups excluding carboxylic acids is 1. The second kappa shape index (κ2) is 7.92. The van der Waals surface area contributed by atoms with Gasteiger partial charge in [0.25, 0.3) is 0 Å². The van der Waals surface area contributed by atoms with Crippen molar-refractivity contribution >= 4 is 5.78 Å². The lowest BCUT2D eigenvalue weighted by Crippen LogP contribution is -2.33. The summed E-state index contributed by atoms with van der Waals surface area (Å²) >= 11 is 0. The van der Waals surface area contributed by atoms with E-state index in [1.807, 2.05) is 26.0 Å². The van der Waals surface area contributed by atoms with E-state index in [9.17, 15) is 14.4 Å². The third-order valence-corrected chi connectivity index (χ3v) is 5.61. The minimum Gasteiger partial charge on any atom is -0.489 e. The molecule has 0 aromatic heterocycles. The van der Waals surface area contributed by atoms with Crippen LogP contribution < -0.4 is 10.5 Å². The molecular formula is C25H23FN2O3. The Balaban J connectivity index is 1.61. The number of carbonyl (C=O) groups is 1. The topological polar surface area (TPSA) is 85.3 Å². The number of nitrogens with zero attached hydrogens (tertiary/aromatic N) is 1. The van der Waals surface area contributed by atoms with Crippen molar-refractivity contribution < 1.29 is 18.7 Å². The predicted molar refractivity (Wildman–Crippen MR) is 113 cm³/mol. The van der Waals surface area contributed by atoms with Gasteiger partial charge in [0.2, 0.25) is 5.88 Å². The first-order valence-corrected chi connectivity index (χ1v) is 10.1. The average Bonchev–Trinajstić information content (AvgIpc) is 2.72. The Morgan fingerprint density at radius 1 is 1.16 bits per heavy atom. The smallest absolute Gasteiger partial charge is 0.205 e. The fourth-order valence-electron chi connectivity index (χ4n) is 4.12. The summed E-state index contributed by atoms with van der Waals surface area (Å²) < 4.78 is 24.5. The van der Waals surface area contributed by atoms with Gasteiger partial charge in [-0.3, -0.25) is 4.79 Å². The van der Waals surface area contributed by atoms with Crippen molar-refractivity contribution in [2.75, 3.05) is 0 Å². The molecule has 2 aromatic rings. The Bertz CT molecular complexity index is 1120. The lowest BCUT2D eigenvalue weighted by Gasteiger charge is -2.37. The maximum absolute atomic E-state index is 13.0.